The van der Waals surface area contributed by atoms with Crippen LogP contribution in [-0.2, 0) is 27.7 Å². The number of ether oxygens (including phenoxy) is 2. The standard InChI is InChI=1S/C38H45Cl2F2N3O5Si/c1-36(2,3)50-35(47)44-11-12-45-28-18-27(41)32(40)30-26(28)19-38(45,21-44)23-15-22(16-24(39)17-23)20-43-34(46)25-9-10-29(33(42)31(25)30)48-13-14-49-51(7,8)37(4,5)6/h9-10,15-18H,11-14,19-21H2,1-8H3,(H,43,46). The second kappa shape index (κ2) is 13.2. The molecular weight excluding hydrogens is 715 g/mol. The Labute approximate surface area is 309 Å². The molecule has 1 N–H and O–H groups in total. The highest BCUT2D eigenvalue weighted by atomic mass is 35.5. The first kappa shape index (κ1) is 37.4. The van der Waals surface area contributed by atoms with Crippen LogP contribution in [0, 0.1) is 11.6 Å². The number of halogens is 4. The van der Waals surface area contributed by atoms with Gasteiger partial charge in [-0.05, 0) is 85.9 Å². The second-order valence-corrected chi connectivity index (χ2v) is 21.7. The van der Waals surface area contributed by atoms with E-state index in [1.54, 1.807) is 31.7 Å². The summed E-state index contributed by atoms with van der Waals surface area (Å²) < 4.78 is 50.9. The quantitative estimate of drug-likeness (QED) is 0.207. The van der Waals surface area contributed by atoms with Crippen molar-refractivity contribution in [3.63, 3.8) is 0 Å². The van der Waals surface area contributed by atoms with E-state index in [2.05, 4.69) is 39.2 Å². The van der Waals surface area contributed by atoms with E-state index >= 15 is 8.78 Å². The van der Waals surface area contributed by atoms with Crippen molar-refractivity contribution in [1.29, 1.82) is 0 Å². The van der Waals surface area contributed by atoms with Crippen LogP contribution in [0.4, 0.5) is 19.3 Å². The number of hydrogen-bond donors (Lipinski definition) is 1. The molecule has 274 valence electrons. The third-order valence-corrected chi connectivity index (χ3v) is 15.6. The largest absolute Gasteiger partial charge is 0.488 e. The van der Waals surface area contributed by atoms with Gasteiger partial charge in [0.1, 0.15) is 18.0 Å². The number of nitrogens with one attached hydrogen (secondary N) is 1. The van der Waals surface area contributed by atoms with Gasteiger partial charge < -0.3 is 29.0 Å². The van der Waals surface area contributed by atoms with Gasteiger partial charge in [0.15, 0.2) is 19.9 Å². The molecule has 4 bridgehead atoms. The Hall–Kier alpha value is -3.38. The summed E-state index contributed by atoms with van der Waals surface area (Å²) in [5, 5.41) is 2.99. The molecule has 3 aromatic rings. The normalized spacial score (nSPS) is 18.7. The molecule has 0 saturated carbocycles. The zero-order chi connectivity index (χ0) is 37.3. The van der Waals surface area contributed by atoms with Crippen LogP contribution in [0.3, 0.4) is 0 Å². The molecule has 51 heavy (non-hydrogen) atoms. The fourth-order valence-electron chi connectivity index (χ4n) is 6.94. The number of nitrogens with zero attached hydrogens (tertiary/aromatic N) is 2. The fraction of sp³-hybridized carbons (Fsp3) is 0.474. The van der Waals surface area contributed by atoms with Crippen LogP contribution in [-0.4, -0.2) is 63.7 Å². The summed E-state index contributed by atoms with van der Waals surface area (Å²) in [6.07, 6.45) is -0.267. The van der Waals surface area contributed by atoms with E-state index in [-0.39, 0.29) is 65.2 Å². The van der Waals surface area contributed by atoms with Gasteiger partial charge in [-0.2, -0.15) is 0 Å². The third-order valence-electron chi connectivity index (χ3n) is 10.4. The van der Waals surface area contributed by atoms with E-state index in [1.165, 1.54) is 18.2 Å². The Morgan fingerprint density at radius 3 is 2.41 bits per heavy atom. The molecule has 1 fully saturated rings. The van der Waals surface area contributed by atoms with E-state index in [9.17, 15) is 9.59 Å². The molecule has 1 atom stereocenters. The van der Waals surface area contributed by atoms with E-state index < -0.39 is 43.1 Å². The lowest BCUT2D eigenvalue weighted by Gasteiger charge is -2.48. The summed E-state index contributed by atoms with van der Waals surface area (Å²) in [6, 6.07) is 9.74. The first-order valence-corrected chi connectivity index (χ1v) is 20.8. The Kier molecular flexibility index (Phi) is 9.70. The molecule has 1 spiro atoms. The smallest absolute Gasteiger partial charge is 0.410 e. The van der Waals surface area contributed by atoms with Crippen LogP contribution in [0.1, 0.15) is 68.6 Å². The van der Waals surface area contributed by atoms with E-state index in [0.29, 0.717) is 34.9 Å². The average molecular weight is 761 g/mol. The first-order chi connectivity index (χ1) is 23.7. The molecular formula is C38H45Cl2F2N3O5Si. The monoisotopic (exact) mass is 759 g/mol. The van der Waals surface area contributed by atoms with Crippen molar-refractivity contribution in [2.24, 2.45) is 0 Å². The summed E-state index contributed by atoms with van der Waals surface area (Å²) in [5.41, 5.74) is 0.722. The minimum Gasteiger partial charge on any atom is -0.488 e. The maximum absolute atomic E-state index is 17.0. The highest BCUT2D eigenvalue weighted by molar-refractivity contribution is 6.74. The van der Waals surface area contributed by atoms with Gasteiger partial charge >= 0.3 is 6.09 Å². The number of rotatable bonds is 5. The van der Waals surface area contributed by atoms with Crippen LogP contribution in [0.5, 0.6) is 5.75 Å². The lowest BCUT2D eigenvalue weighted by molar-refractivity contribution is 0.0164. The third kappa shape index (κ3) is 6.94. The van der Waals surface area contributed by atoms with Crippen LogP contribution >= 0.6 is 23.2 Å². The molecule has 3 aromatic carbocycles. The topological polar surface area (TPSA) is 80.3 Å². The van der Waals surface area contributed by atoms with Crippen LogP contribution in [0.15, 0.2) is 36.4 Å². The van der Waals surface area contributed by atoms with Crippen LogP contribution in [0.2, 0.25) is 28.2 Å². The Morgan fingerprint density at radius 1 is 1.00 bits per heavy atom. The molecule has 3 heterocycles. The molecule has 0 aliphatic carbocycles. The van der Waals surface area contributed by atoms with Crippen molar-refractivity contribution in [2.45, 2.75) is 83.8 Å². The number of fused-ring (bicyclic) bond motifs is 5. The maximum atomic E-state index is 17.0. The van der Waals surface area contributed by atoms with Gasteiger partial charge in [0.25, 0.3) is 5.91 Å². The molecule has 8 nitrogen and oxygen atoms in total. The lowest BCUT2D eigenvalue weighted by Crippen LogP contribution is -2.61. The summed E-state index contributed by atoms with van der Waals surface area (Å²) in [4.78, 5) is 31.0. The highest BCUT2D eigenvalue weighted by Gasteiger charge is 2.52. The highest BCUT2D eigenvalue weighted by Crippen LogP contribution is 2.54. The predicted octanol–water partition coefficient (Wildman–Crippen LogP) is 9.09. The molecule has 0 radical (unpaired) electrons. The van der Waals surface area contributed by atoms with Crippen LogP contribution < -0.4 is 15.0 Å². The summed E-state index contributed by atoms with van der Waals surface area (Å²) >= 11 is 13.5. The van der Waals surface area contributed by atoms with E-state index in [4.69, 9.17) is 37.1 Å². The number of piperazine rings is 1. The van der Waals surface area contributed by atoms with Crippen molar-refractivity contribution in [2.75, 3.05) is 37.7 Å². The van der Waals surface area contributed by atoms with Crippen molar-refractivity contribution in [3.05, 3.63) is 80.3 Å². The van der Waals surface area contributed by atoms with Gasteiger partial charge in [0, 0.05) is 47.9 Å². The second-order valence-electron chi connectivity index (χ2n) is 16.1. The summed E-state index contributed by atoms with van der Waals surface area (Å²) in [6.45, 7) is 17.2. The number of amides is 2. The van der Waals surface area contributed by atoms with Crippen LogP contribution in [0.25, 0.3) is 11.1 Å². The van der Waals surface area contributed by atoms with E-state index in [0.717, 1.165) is 5.56 Å². The van der Waals surface area contributed by atoms with Gasteiger partial charge in [-0.25, -0.2) is 13.6 Å². The minimum atomic E-state index is -2.08. The average Bonchev–Trinajstić information content (AvgIpc) is 3.35. The molecule has 1 unspecified atom stereocenters. The number of carbonyl (C=O) groups excluding carboxylic acids is 2. The lowest BCUT2D eigenvalue weighted by atomic mass is 9.81. The molecule has 3 aliphatic rings. The molecule has 3 aliphatic heterocycles. The maximum Gasteiger partial charge on any atom is 0.410 e. The zero-order valence-electron chi connectivity index (χ0n) is 30.4. The fourth-order valence-corrected chi connectivity index (χ4v) is 8.49. The van der Waals surface area contributed by atoms with Crippen molar-refractivity contribution < 1.29 is 32.3 Å². The van der Waals surface area contributed by atoms with Gasteiger partial charge in [0.05, 0.1) is 29.3 Å². The SMILES string of the molecule is CC(C)(C)OC(=O)N1CCN2c3cc(F)c(Cl)c4c3CC2(C1)c1cc(Cl)cc(c1)CNC(=O)c1ccc(OCCO[Si](C)(C)C(C)(C)C)c(F)c1-4. The van der Waals surface area contributed by atoms with Gasteiger partial charge in [-0.1, -0.05) is 50.0 Å². The minimum absolute atomic E-state index is 0.0162. The molecule has 1 saturated heterocycles. The van der Waals surface area contributed by atoms with Gasteiger partial charge in [-0.3, -0.25) is 4.79 Å². The van der Waals surface area contributed by atoms with E-state index in [1.807, 2.05) is 17.0 Å². The Bertz CT molecular complexity index is 1910. The van der Waals surface area contributed by atoms with Crippen molar-refractivity contribution in [1.82, 2.24) is 10.2 Å². The number of anilines is 1. The first-order valence-electron chi connectivity index (χ1n) is 17.2. The van der Waals surface area contributed by atoms with Crippen molar-refractivity contribution >= 4 is 49.2 Å². The number of carbonyl (C=O) groups is 2. The van der Waals surface area contributed by atoms with Gasteiger partial charge in [-0.15, -0.1) is 0 Å². The molecule has 2 amide bonds. The zero-order valence-corrected chi connectivity index (χ0v) is 32.9. The predicted molar refractivity (Wildman–Crippen MR) is 199 cm³/mol. The molecule has 6 rings (SSSR count). The Morgan fingerprint density at radius 2 is 1.73 bits per heavy atom. The summed E-state index contributed by atoms with van der Waals surface area (Å²) in [5.74, 6) is -2.29. The van der Waals surface area contributed by atoms with Gasteiger partial charge in [0.2, 0.25) is 0 Å². The number of hydrogen-bond acceptors (Lipinski definition) is 6. The molecule has 13 heteroatoms. The Balaban J connectivity index is 1.50. The molecule has 0 aromatic heterocycles. The summed E-state index contributed by atoms with van der Waals surface area (Å²) in [7, 11) is -2.08. The number of benzene rings is 3. The van der Waals surface area contributed by atoms with Crippen molar-refractivity contribution in [3.8, 4) is 16.9 Å².